The summed E-state index contributed by atoms with van der Waals surface area (Å²) in [6, 6.07) is 0. The zero-order chi connectivity index (χ0) is 13.4. The molecule has 1 unspecified atom stereocenters. The number of aromatic nitrogens is 2. The summed E-state index contributed by atoms with van der Waals surface area (Å²) in [6.45, 7) is 3.38. The van der Waals surface area contributed by atoms with Gasteiger partial charge in [-0.3, -0.25) is 0 Å². The number of carboxylic acid groups (broad SMARTS) is 1. The third-order valence-corrected chi connectivity index (χ3v) is 2.68. The lowest BCUT2D eigenvalue weighted by Crippen LogP contribution is -2.19. The monoisotopic (exact) mass is 253 g/mol. The van der Waals surface area contributed by atoms with Crippen LogP contribution in [0.2, 0.25) is 0 Å². The third kappa shape index (κ3) is 4.77. The summed E-state index contributed by atoms with van der Waals surface area (Å²) in [5.41, 5.74) is 0.626. The first-order chi connectivity index (χ1) is 8.65. The zero-order valence-electron chi connectivity index (χ0n) is 10.5. The Labute approximate surface area is 106 Å². The van der Waals surface area contributed by atoms with Crippen LogP contribution in [-0.2, 0) is 6.54 Å². The van der Waals surface area contributed by atoms with E-state index < -0.39 is 5.97 Å². The van der Waals surface area contributed by atoms with Crippen LogP contribution in [0.1, 0.15) is 35.8 Å². The molecular weight excluding hydrogens is 234 g/mol. The van der Waals surface area contributed by atoms with Crippen LogP contribution < -0.4 is 5.32 Å². The van der Waals surface area contributed by atoms with Crippen LogP contribution in [0.3, 0.4) is 0 Å². The highest BCUT2D eigenvalue weighted by Gasteiger charge is 2.10. The van der Waals surface area contributed by atoms with Crippen LogP contribution in [-0.4, -0.2) is 39.3 Å². The average Bonchev–Trinajstić information content (AvgIpc) is 2.38. The second kappa shape index (κ2) is 7.73. The van der Waals surface area contributed by atoms with Gasteiger partial charge in [-0.25, -0.2) is 14.8 Å². The molecule has 0 saturated carbocycles. The first-order valence-corrected chi connectivity index (χ1v) is 5.99. The number of hydrogen-bond acceptors (Lipinski definition) is 5. The van der Waals surface area contributed by atoms with Crippen molar-refractivity contribution in [2.45, 2.75) is 26.3 Å². The number of aliphatic hydroxyl groups excluding tert-OH is 1. The molecule has 1 atom stereocenters. The molecule has 0 amide bonds. The fourth-order valence-corrected chi connectivity index (χ4v) is 1.55. The highest BCUT2D eigenvalue weighted by atomic mass is 16.4. The summed E-state index contributed by atoms with van der Waals surface area (Å²) in [5.74, 6) is -0.707. The summed E-state index contributed by atoms with van der Waals surface area (Å²) in [7, 11) is 0. The number of hydrogen-bond donors (Lipinski definition) is 3. The van der Waals surface area contributed by atoms with Crippen molar-refractivity contribution < 1.29 is 15.0 Å². The molecule has 0 aliphatic rings. The molecule has 1 aromatic heterocycles. The SMILES string of the molecule is CC(CO)CCCNCc1ncncc1C(=O)O. The number of aromatic carboxylic acids is 1. The summed E-state index contributed by atoms with van der Waals surface area (Å²) < 4.78 is 0. The molecule has 1 rings (SSSR count). The Kier molecular flexibility index (Phi) is 6.24. The van der Waals surface area contributed by atoms with Crippen LogP contribution >= 0.6 is 0 Å². The minimum Gasteiger partial charge on any atom is -0.478 e. The Bertz CT molecular complexity index is 385. The van der Waals surface area contributed by atoms with E-state index in [0.29, 0.717) is 18.2 Å². The van der Waals surface area contributed by atoms with E-state index in [0.717, 1.165) is 19.4 Å². The normalized spacial score (nSPS) is 12.3. The maximum absolute atomic E-state index is 10.9. The van der Waals surface area contributed by atoms with Crippen molar-refractivity contribution in [2.75, 3.05) is 13.2 Å². The van der Waals surface area contributed by atoms with Crippen LogP contribution in [0.15, 0.2) is 12.5 Å². The number of nitrogens with zero attached hydrogens (tertiary/aromatic N) is 2. The molecule has 0 aliphatic heterocycles. The number of rotatable bonds is 8. The molecule has 0 saturated heterocycles. The summed E-state index contributed by atoms with van der Waals surface area (Å²) >= 11 is 0. The van der Waals surface area contributed by atoms with Gasteiger partial charge in [0.05, 0.1) is 5.69 Å². The van der Waals surface area contributed by atoms with Gasteiger partial charge in [0, 0.05) is 19.3 Å². The van der Waals surface area contributed by atoms with E-state index in [4.69, 9.17) is 10.2 Å². The lowest BCUT2D eigenvalue weighted by molar-refractivity contribution is 0.0694. The van der Waals surface area contributed by atoms with Crippen molar-refractivity contribution in [3.63, 3.8) is 0 Å². The van der Waals surface area contributed by atoms with Crippen LogP contribution in [0.25, 0.3) is 0 Å². The first kappa shape index (κ1) is 14.5. The quantitative estimate of drug-likeness (QED) is 0.589. The Balaban J connectivity index is 2.33. The highest BCUT2D eigenvalue weighted by Crippen LogP contribution is 2.05. The minimum absolute atomic E-state index is 0.133. The van der Waals surface area contributed by atoms with Gasteiger partial charge in [0.15, 0.2) is 0 Å². The Morgan fingerprint density at radius 2 is 2.33 bits per heavy atom. The van der Waals surface area contributed by atoms with E-state index in [9.17, 15) is 4.79 Å². The van der Waals surface area contributed by atoms with Gasteiger partial charge in [0.25, 0.3) is 0 Å². The molecule has 3 N–H and O–H groups in total. The highest BCUT2D eigenvalue weighted by molar-refractivity contribution is 5.88. The molecule has 1 heterocycles. The Morgan fingerprint density at radius 1 is 1.56 bits per heavy atom. The van der Waals surface area contributed by atoms with Crippen molar-refractivity contribution in [2.24, 2.45) is 5.92 Å². The number of aliphatic hydroxyl groups is 1. The van der Waals surface area contributed by atoms with E-state index in [-0.39, 0.29) is 12.2 Å². The van der Waals surface area contributed by atoms with Crippen molar-refractivity contribution >= 4 is 5.97 Å². The Hall–Kier alpha value is -1.53. The molecule has 6 nitrogen and oxygen atoms in total. The topological polar surface area (TPSA) is 95.3 Å². The molecule has 0 spiro atoms. The first-order valence-electron chi connectivity index (χ1n) is 5.99. The van der Waals surface area contributed by atoms with Crippen LogP contribution in [0.4, 0.5) is 0 Å². The molecule has 100 valence electrons. The van der Waals surface area contributed by atoms with E-state index in [2.05, 4.69) is 15.3 Å². The molecule has 0 radical (unpaired) electrons. The number of carbonyl (C=O) groups is 1. The van der Waals surface area contributed by atoms with Gasteiger partial charge in [0.2, 0.25) is 0 Å². The number of nitrogens with one attached hydrogen (secondary N) is 1. The average molecular weight is 253 g/mol. The summed E-state index contributed by atoms with van der Waals surface area (Å²) in [6.07, 6.45) is 4.53. The lowest BCUT2D eigenvalue weighted by atomic mass is 10.1. The molecule has 1 aromatic rings. The van der Waals surface area contributed by atoms with Gasteiger partial charge < -0.3 is 15.5 Å². The lowest BCUT2D eigenvalue weighted by Gasteiger charge is -2.09. The third-order valence-electron chi connectivity index (χ3n) is 2.68. The molecular formula is C12H19N3O3. The largest absolute Gasteiger partial charge is 0.478 e. The van der Waals surface area contributed by atoms with E-state index in [1.165, 1.54) is 12.5 Å². The Morgan fingerprint density at radius 3 is 3.00 bits per heavy atom. The van der Waals surface area contributed by atoms with Gasteiger partial charge in [0.1, 0.15) is 11.9 Å². The van der Waals surface area contributed by atoms with Crippen molar-refractivity contribution in [3.05, 3.63) is 23.8 Å². The van der Waals surface area contributed by atoms with E-state index in [1.54, 1.807) is 0 Å². The fraction of sp³-hybridized carbons (Fsp3) is 0.583. The van der Waals surface area contributed by atoms with Gasteiger partial charge in [-0.15, -0.1) is 0 Å². The maximum Gasteiger partial charge on any atom is 0.339 e. The molecule has 18 heavy (non-hydrogen) atoms. The van der Waals surface area contributed by atoms with Gasteiger partial charge in [-0.05, 0) is 25.3 Å². The molecule has 0 fully saturated rings. The predicted octanol–water partition coefficient (Wildman–Crippen LogP) is 0.673. The van der Waals surface area contributed by atoms with Gasteiger partial charge >= 0.3 is 5.97 Å². The fourth-order valence-electron chi connectivity index (χ4n) is 1.55. The minimum atomic E-state index is -1.01. The van der Waals surface area contributed by atoms with Crippen LogP contribution in [0, 0.1) is 5.92 Å². The van der Waals surface area contributed by atoms with Crippen molar-refractivity contribution in [3.8, 4) is 0 Å². The zero-order valence-corrected chi connectivity index (χ0v) is 10.5. The van der Waals surface area contributed by atoms with Gasteiger partial charge in [-0.2, -0.15) is 0 Å². The molecule has 0 bridgehead atoms. The summed E-state index contributed by atoms with van der Waals surface area (Å²) in [4.78, 5) is 18.6. The molecule has 0 aliphatic carbocycles. The second-order valence-electron chi connectivity index (χ2n) is 4.30. The predicted molar refractivity (Wildman–Crippen MR) is 66.2 cm³/mol. The summed E-state index contributed by atoms with van der Waals surface area (Å²) in [5, 5.41) is 20.9. The van der Waals surface area contributed by atoms with Crippen molar-refractivity contribution in [1.82, 2.24) is 15.3 Å². The number of carboxylic acids is 1. The standard InChI is InChI=1S/C12H19N3O3/c1-9(7-16)3-2-4-13-6-11-10(12(17)18)5-14-8-15-11/h5,8-9,13,16H,2-4,6-7H2,1H3,(H,17,18). The molecule has 6 heteroatoms. The van der Waals surface area contributed by atoms with Gasteiger partial charge in [-0.1, -0.05) is 6.92 Å². The van der Waals surface area contributed by atoms with Crippen LogP contribution in [0.5, 0.6) is 0 Å². The maximum atomic E-state index is 10.9. The second-order valence-corrected chi connectivity index (χ2v) is 4.30. The smallest absolute Gasteiger partial charge is 0.339 e. The van der Waals surface area contributed by atoms with Crippen molar-refractivity contribution in [1.29, 1.82) is 0 Å². The van der Waals surface area contributed by atoms with E-state index in [1.807, 2.05) is 6.92 Å². The molecule has 0 aromatic carbocycles. The van der Waals surface area contributed by atoms with E-state index >= 15 is 0 Å².